The molecule has 0 aromatic carbocycles. The first-order chi connectivity index (χ1) is 5.83. The smallest absolute Gasteiger partial charge is 0.137 e. The second-order valence-corrected chi connectivity index (χ2v) is 2.46. The van der Waals surface area contributed by atoms with Crippen LogP contribution in [0.5, 0.6) is 0 Å². The Balaban J connectivity index is 2.23. The number of hydrogen-bond donors (Lipinski definition) is 1. The van der Waals surface area contributed by atoms with Gasteiger partial charge >= 0.3 is 0 Å². The minimum atomic E-state index is -0.556. The Kier molecular flexibility index (Phi) is 3.23. The van der Waals surface area contributed by atoms with Gasteiger partial charge < -0.3 is 5.11 Å². The summed E-state index contributed by atoms with van der Waals surface area (Å²) < 4.78 is 1.63. The van der Waals surface area contributed by atoms with Gasteiger partial charge in [-0.15, -0.1) is 0 Å². The highest BCUT2D eigenvalue weighted by atomic mass is 16.3. The molecule has 1 N–H and O–H groups in total. The van der Waals surface area contributed by atoms with Crippen molar-refractivity contribution in [2.45, 2.75) is 25.5 Å². The highest BCUT2D eigenvalue weighted by Gasteiger charge is 2.02. The van der Waals surface area contributed by atoms with Crippen molar-refractivity contribution in [3.8, 4) is 6.07 Å². The molecule has 0 spiro atoms. The zero-order valence-corrected chi connectivity index (χ0v) is 6.59. The van der Waals surface area contributed by atoms with Crippen LogP contribution in [0.2, 0.25) is 0 Å². The lowest BCUT2D eigenvalue weighted by atomic mass is 10.2. The number of nitriles is 1. The first kappa shape index (κ1) is 8.68. The van der Waals surface area contributed by atoms with Gasteiger partial charge in [0.15, 0.2) is 0 Å². The van der Waals surface area contributed by atoms with Gasteiger partial charge in [-0.3, -0.25) is 4.68 Å². The van der Waals surface area contributed by atoms with Crippen LogP contribution in [0.15, 0.2) is 12.7 Å². The van der Waals surface area contributed by atoms with Crippen LogP contribution >= 0.6 is 0 Å². The van der Waals surface area contributed by atoms with Crippen LogP contribution in [-0.2, 0) is 6.54 Å². The molecule has 0 amide bonds. The van der Waals surface area contributed by atoms with Crippen molar-refractivity contribution in [1.82, 2.24) is 14.8 Å². The average Bonchev–Trinajstić information content (AvgIpc) is 2.53. The molecule has 1 unspecified atom stereocenters. The van der Waals surface area contributed by atoms with Gasteiger partial charge in [-0.2, -0.15) is 10.4 Å². The Labute approximate surface area is 70.3 Å². The first-order valence-corrected chi connectivity index (χ1v) is 3.70. The summed E-state index contributed by atoms with van der Waals surface area (Å²) in [5.74, 6) is 0. The largest absolute Gasteiger partial charge is 0.392 e. The molecule has 0 radical (unpaired) electrons. The van der Waals surface area contributed by atoms with Gasteiger partial charge in [-0.1, -0.05) is 0 Å². The van der Waals surface area contributed by atoms with Crippen molar-refractivity contribution in [3.05, 3.63) is 12.7 Å². The van der Waals surface area contributed by atoms with Gasteiger partial charge in [-0.05, 0) is 6.42 Å². The van der Waals surface area contributed by atoms with Gasteiger partial charge in [0.2, 0.25) is 0 Å². The second-order valence-electron chi connectivity index (χ2n) is 2.46. The number of rotatable bonds is 4. The highest BCUT2D eigenvalue weighted by molar-refractivity contribution is 4.74. The number of hydrogen-bond acceptors (Lipinski definition) is 4. The van der Waals surface area contributed by atoms with Crippen LogP contribution in [0.4, 0.5) is 0 Å². The fourth-order valence-corrected chi connectivity index (χ4v) is 0.837. The van der Waals surface area contributed by atoms with E-state index < -0.39 is 6.10 Å². The van der Waals surface area contributed by atoms with E-state index >= 15 is 0 Å². The standard InChI is InChI=1S/C7H10N4O/c8-3-1-7(12)2-4-11-6-9-5-10-11/h5-7,12H,1-2,4H2. The van der Waals surface area contributed by atoms with E-state index in [2.05, 4.69) is 10.1 Å². The molecule has 0 aliphatic rings. The van der Waals surface area contributed by atoms with Crippen LogP contribution < -0.4 is 0 Å². The van der Waals surface area contributed by atoms with E-state index in [1.165, 1.54) is 6.33 Å². The predicted octanol–water partition coefficient (Wildman–Crippen LogP) is -0.0572. The van der Waals surface area contributed by atoms with Crippen molar-refractivity contribution in [3.63, 3.8) is 0 Å². The summed E-state index contributed by atoms with van der Waals surface area (Å²) in [7, 11) is 0. The Bertz CT molecular complexity index is 251. The third-order valence-corrected chi connectivity index (χ3v) is 1.48. The summed E-state index contributed by atoms with van der Waals surface area (Å²) in [4.78, 5) is 3.75. The van der Waals surface area contributed by atoms with Crippen molar-refractivity contribution in [1.29, 1.82) is 5.26 Å². The predicted molar refractivity (Wildman–Crippen MR) is 40.9 cm³/mol. The molecule has 12 heavy (non-hydrogen) atoms. The van der Waals surface area contributed by atoms with Crippen LogP contribution in [-0.4, -0.2) is 26.0 Å². The monoisotopic (exact) mass is 166 g/mol. The summed E-state index contributed by atoms with van der Waals surface area (Å²) in [6.07, 6.45) is 3.18. The van der Waals surface area contributed by atoms with E-state index in [1.54, 1.807) is 11.0 Å². The SMILES string of the molecule is N#CCC(O)CCn1cncn1. The minimum Gasteiger partial charge on any atom is -0.392 e. The van der Waals surface area contributed by atoms with Gasteiger partial charge in [-0.25, -0.2) is 4.98 Å². The van der Waals surface area contributed by atoms with Gasteiger partial charge in [0, 0.05) is 6.54 Å². The Hall–Kier alpha value is -1.41. The van der Waals surface area contributed by atoms with E-state index in [4.69, 9.17) is 10.4 Å². The summed E-state index contributed by atoms with van der Waals surface area (Å²) in [6.45, 7) is 0.600. The van der Waals surface area contributed by atoms with Crippen molar-refractivity contribution in [2.75, 3.05) is 0 Å². The minimum absolute atomic E-state index is 0.175. The molecule has 1 atom stereocenters. The molecule has 5 heteroatoms. The molecule has 1 aromatic rings. The molecule has 0 bridgehead atoms. The highest BCUT2D eigenvalue weighted by Crippen LogP contribution is 1.98. The summed E-state index contributed by atoms with van der Waals surface area (Å²) in [5, 5.41) is 21.3. The normalized spacial score (nSPS) is 12.3. The van der Waals surface area contributed by atoms with Crippen LogP contribution in [0, 0.1) is 11.3 Å². The third-order valence-electron chi connectivity index (χ3n) is 1.48. The maximum atomic E-state index is 9.16. The first-order valence-electron chi connectivity index (χ1n) is 3.70. The Morgan fingerprint density at radius 2 is 2.50 bits per heavy atom. The molecule has 0 aliphatic heterocycles. The summed E-state index contributed by atoms with van der Waals surface area (Å²) in [5.41, 5.74) is 0. The number of nitrogens with zero attached hydrogens (tertiary/aromatic N) is 4. The Morgan fingerprint density at radius 3 is 3.08 bits per heavy atom. The fourth-order valence-electron chi connectivity index (χ4n) is 0.837. The number of aromatic nitrogens is 3. The third kappa shape index (κ3) is 2.68. The topological polar surface area (TPSA) is 74.7 Å². The molecular formula is C7H10N4O. The molecule has 1 rings (SSSR count). The molecule has 1 aromatic heterocycles. The van der Waals surface area contributed by atoms with Crippen LogP contribution in [0.3, 0.4) is 0 Å². The Morgan fingerprint density at radius 1 is 1.67 bits per heavy atom. The van der Waals surface area contributed by atoms with Gasteiger partial charge in [0.1, 0.15) is 12.7 Å². The van der Waals surface area contributed by atoms with Crippen LogP contribution in [0.1, 0.15) is 12.8 Å². The maximum Gasteiger partial charge on any atom is 0.137 e. The lowest BCUT2D eigenvalue weighted by Crippen LogP contribution is -2.10. The molecular weight excluding hydrogens is 156 g/mol. The quantitative estimate of drug-likeness (QED) is 0.680. The molecule has 64 valence electrons. The lowest BCUT2D eigenvalue weighted by Gasteiger charge is -2.04. The van der Waals surface area contributed by atoms with Gasteiger partial charge in [0.05, 0.1) is 18.6 Å². The number of aliphatic hydroxyl groups is 1. The zero-order chi connectivity index (χ0) is 8.81. The van der Waals surface area contributed by atoms with Crippen molar-refractivity contribution in [2.24, 2.45) is 0 Å². The fraction of sp³-hybridized carbons (Fsp3) is 0.571. The molecule has 5 nitrogen and oxygen atoms in total. The van der Waals surface area contributed by atoms with E-state index in [0.29, 0.717) is 13.0 Å². The van der Waals surface area contributed by atoms with E-state index in [0.717, 1.165) is 0 Å². The van der Waals surface area contributed by atoms with Gasteiger partial charge in [0.25, 0.3) is 0 Å². The lowest BCUT2D eigenvalue weighted by molar-refractivity contribution is 0.161. The van der Waals surface area contributed by atoms with Crippen molar-refractivity contribution >= 4 is 0 Å². The number of aliphatic hydroxyl groups excluding tert-OH is 1. The second kappa shape index (κ2) is 4.46. The maximum absolute atomic E-state index is 9.16. The van der Waals surface area contributed by atoms with E-state index in [1.807, 2.05) is 6.07 Å². The summed E-state index contributed by atoms with van der Waals surface area (Å²) >= 11 is 0. The molecule has 0 fully saturated rings. The molecule has 0 aliphatic carbocycles. The summed E-state index contributed by atoms with van der Waals surface area (Å²) in [6, 6.07) is 1.90. The van der Waals surface area contributed by atoms with E-state index in [-0.39, 0.29) is 6.42 Å². The zero-order valence-electron chi connectivity index (χ0n) is 6.59. The number of aryl methyl sites for hydroxylation is 1. The van der Waals surface area contributed by atoms with Crippen LogP contribution in [0.25, 0.3) is 0 Å². The average molecular weight is 166 g/mol. The molecule has 0 saturated carbocycles. The molecule has 0 saturated heterocycles. The van der Waals surface area contributed by atoms with E-state index in [9.17, 15) is 0 Å². The molecule has 1 heterocycles. The van der Waals surface area contributed by atoms with Crippen molar-refractivity contribution < 1.29 is 5.11 Å².